The number of nitrogens with zero attached hydrogens (tertiary/aromatic N) is 5. The lowest BCUT2D eigenvalue weighted by molar-refractivity contribution is -0.157. The van der Waals surface area contributed by atoms with Crippen LogP contribution in [0.5, 0.6) is 11.5 Å². The van der Waals surface area contributed by atoms with Gasteiger partial charge in [-0.3, -0.25) is 23.7 Å². The number of aromatic nitrogens is 6. The topological polar surface area (TPSA) is 236 Å². The summed E-state index contributed by atoms with van der Waals surface area (Å²) >= 11 is 0. The number of carboxylic acids is 1. The molecule has 5 aromatic rings. The number of H-pyrrole nitrogens is 1. The molecule has 17 heteroatoms. The fraction of sp³-hybridized carbons (Fsp3) is 0.400. The van der Waals surface area contributed by atoms with Crippen LogP contribution >= 0.6 is 0 Å². The highest BCUT2D eigenvalue weighted by Gasteiger charge is 2.22. The minimum absolute atomic E-state index is 0.0883. The SMILES string of the molecule is CCCc1nn(C)c(C(N)=O)c1NC(=O)Cc1ccc(OCC(=O)OC(C)(C)C)cc1.CCCc1nn(C)c2c(=O)[nH]c(Cc3ccc(OCC(=O)O)cc3)nc12. The second-order valence-electron chi connectivity index (χ2n) is 14.2. The first-order valence-electron chi connectivity index (χ1n) is 18.4. The van der Waals surface area contributed by atoms with Crippen molar-refractivity contribution in [2.75, 3.05) is 18.5 Å². The predicted molar refractivity (Wildman–Crippen MR) is 211 cm³/mol. The Morgan fingerprint density at radius 1 is 0.842 bits per heavy atom. The predicted octanol–water partition coefficient (Wildman–Crippen LogP) is 4.04. The van der Waals surface area contributed by atoms with Gasteiger partial charge in [-0.15, -0.1) is 0 Å². The number of amides is 2. The molecule has 0 aliphatic carbocycles. The molecule has 0 aliphatic rings. The fourth-order valence-electron chi connectivity index (χ4n) is 5.82. The zero-order valence-corrected chi connectivity index (χ0v) is 33.3. The molecule has 3 heterocycles. The molecule has 17 nitrogen and oxygen atoms in total. The van der Waals surface area contributed by atoms with Gasteiger partial charge < -0.3 is 35.4 Å². The lowest BCUT2D eigenvalue weighted by Gasteiger charge is -2.19. The normalized spacial score (nSPS) is 11.1. The Labute approximate surface area is 329 Å². The number of nitrogens with two attached hydrogens (primary N) is 1. The lowest BCUT2D eigenvalue weighted by atomic mass is 10.1. The molecule has 3 aromatic heterocycles. The zero-order chi connectivity index (χ0) is 41.9. The Morgan fingerprint density at radius 3 is 1.96 bits per heavy atom. The number of carbonyl (C=O) groups excluding carboxylic acids is 3. The van der Waals surface area contributed by atoms with Crippen LogP contribution in [0.2, 0.25) is 0 Å². The third-order valence-corrected chi connectivity index (χ3v) is 8.12. The zero-order valence-electron chi connectivity index (χ0n) is 33.3. The number of carboxylic acid groups (broad SMARTS) is 1. The average Bonchev–Trinajstić information content (AvgIpc) is 3.61. The van der Waals surface area contributed by atoms with Crippen molar-refractivity contribution in [3.8, 4) is 11.5 Å². The molecular weight excluding hydrogens is 736 g/mol. The average molecular weight is 787 g/mol. The van der Waals surface area contributed by atoms with Crippen LogP contribution < -0.4 is 26.1 Å². The number of aryl methyl sites for hydroxylation is 4. The summed E-state index contributed by atoms with van der Waals surface area (Å²) in [6.45, 7) is 8.81. The van der Waals surface area contributed by atoms with Crippen molar-refractivity contribution in [2.24, 2.45) is 19.8 Å². The number of benzene rings is 2. The van der Waals surface area contributed by atoms with E-state index in [0.717, 1.165) is 36.1 Å². The van der Waals surface area contributed by atoms with Crippen LogP contribution in [-0.4, -0.2) is 77.2 Å². The molecule has 0 saturated carbocycles. The summed E-state index contributed by atoms with van der Waals surface area (Å²) in [4.78, 5) is 66.4. The van der Waals surface area contributed by atoms with Gasteiger partial charge in [0, 0.05) is 20.5 Å². The van der Waals surface area contributed by atoms with Gasteiger partial charge in [-0.1, -0.05) is 51.0 Å². The molecule has 0 radical (unpaired) electrons. The monoisotopic (exact) mass is 786 g/mol. The highest BCUT2D eigenvalue weighted by atomic mass is 16.6. The Bertz CT molecular complexity index is 2250. The second-order valence-corrected chi connectivity index (χ2v) is 14.2. The number of ether oxygens (including phenoxy) is 3. The van der Waals surface area contributed by atoms with E-state index < -0.39 is 23.4 Å². The quantitative estimate of drug-likeness (QED) is 0.104. The molecule has 2 aromatic carbocycles. The number of aromatic amines is 1. The molecule has 57 heavy (non-hydrogen) atoms. The van der Waals surface area contributed by atoms with Crippen LogP contribution in [0.3, 0.4) is 0 Å². The van der Waals surface area contributed by atoms with Crippen molar-refractivity contribution in [1.29, 1.82) is 0 Å². The highest BCUT2D eigenvalue weighted by Crippen LogP contribution is 2.23. The Balaban J connectivity index is 0.000000256. The smallest absolute Gasteiger partial charge is 0.344 e. The van der Waals surface area contributed by atoms with Gasteiger partial charge in [0.15, 0.2) is 18.7 Å². The Morgan fingerprint density at radius 2 is 1.40 bits per heavy atom. The largest absolute Gasteiger partial charge is 0.482 e. The fourth-order valence-corrected chi connectivity index (χ4v) is 5.82. The minimum Gasteiger partial charge on any atom is -0.482 e. The van der Waals surface area contributed by atoms with Crippen molar-refractivity contribution in [1.82, 2.24) is 29.5 Å². The van der Waals surface area contributed by atoms with Crippen molar-refractivity contribution in [3.63, 3.8) is 0 Å². The van der Waals surface area contributed by atoms with Crippen LogP contribution in [0.4, 0.5) is 5.69 Å². The molecule has 0 fully saturated rings. The van der Waals surface area contributed by atoms with Crippen molar-refractivity contribution >= 4 is 40.5 Å². The summed E-state index contributed by atoms with van der Waals surface area (Å²) in [5.41, 5.74) is 9.45. The Hall–Kier alpha value is -6.52. The van der Waals surface area contributed by atoms with Crippen LogP contribution in [0.1, 0.15) is 86.3 Å². The van der Waals surface area contributed by atoms with Crippen molar-refractivity contribution < 1.29 is 38.5 Å². The van der Waals surface area contributed by atoms with Crippen LogP contribution in [0.15, 0.2) is 53.3 Å². The molecular formula is C40H50N8O9. The van der Waals surface area contributed by atoms with Crippen LogP contribution in [-0.2, 0) is 58.9 Å². The number of aliphatic carboxylic acids is 1. The maximum absolute atomic E-state index is 12.6. The lowest BCUT2D eigenvalue weighted by Crippen LogP contribution is -2.27. The van der Waals surface area contributed by atoms with E-state index in [-0.39, 0.29) is 36.8 Å². The van der Waals surface area contributed by atoms with E-state index in [9.17, 15) is 24.0 Å². The van der Waals surface area contributed by atoms with Crippen molar-refractivity contribution in [3.05, 3.63) is 92.9 Å². The molecule has 0 unspecified atom stereocenters. The van der Waals surface area contributed by atoms with Gasteiger partial charge in [0.2, 0.25) is 5.91 Å². The van der Waals surface area contributed by atoms with E-state index in [2.05, 4.69) is 32.4 Å². The highest BCUT2D eigenvalue weighted by molar-refractivity contribution is 6.03. The maximum Gasteiger partial charge on any atom is 0.344 e. The van der Waals surface area contributed by atoms with E-state index >= 15 is 0 Å². The third kappa shape index (κ3) is 12.5. The standard InChI is InChI=1S/C22H30N4O5.C18H20N4O4/c1-6-7-16-19(20(21(23)29)26(5)25-16)24-17(27)12-14-8-10-15(11-9-14)30-13-18(28)31-22(2,3)4;1-3-4-13-16-17(22(2)21-13)18(25)20-14(19-16)9-11-5-7-12(8-6-11)26-10-15(23)24/h8-11H,6-7,12-13H2,1-5H3,(H2,23,29)(H,24,27);5-8H,3-4,9-10H2,1-2H3,(H,23,24)(H,19,20,25). The summed E-state index contributed by atoms with van der Waals surface area (Å²) in [5.74, 6) is -0.903. The van der Waals surface area contributed by atoms with Crippen LogP contribution in [0.25, 0.3) is 11.0 Å². The number of primary amides is 1. The molecule has 0 bridgehead atoms. The summed E-state index contributed by atoms with van der Waals surface area (Å²) in [6, 6.07) is 13.8. The molecule has 304 valence electrons. The first-order chi connectivity index (χ1) is 27.0. The van der Waals surface area contributed by atoms with Gasteiger partial charge in [0.25, 0.3) is 11.5 Å². The maximum atomic E-state index is 12.6. The van der Waals surface area contributed by atoms with E-state index in [1.807, 2.05) is 19.1 Å². The number of hydrogen-bond acceptors (Lipinski definition) is 11. The molecule has 2 amide bonds. The summed E-state index contributed by atoms with van der Waals surface area (Å²) < 4.78 is 18.7. The van der Waals surface area contributed by atoms with Gasteiger partial charge in [-0.25, -0.2) is 14.6 Å². The number of esters is 1. The van der Waals surface area contributed by atoms with Gasteiger partial charge >= 0.3 is 11.9 Å². The number of fused-ring (bicyclic) bond motifs is 1. The summed E-state index contributed by atoms with van der Waals surface area (Å²) in [7, 11) is 3.36. The molecule has 0 atom stereocenters. The molecule has 5 N–H and O–H groups in total. The van der Waals surface area contributed by atoms with Gasteiger partial charge in [0.05, 0.1) is 23.5 Å². The van der Waals surface area contributed by atoms with E-state index in [1.54, 1.807) is 75.9 Å². The molecule has 5 rings (SSSR count). The van der Waals surface area contributed by atoms with Gasteiger partial charge in [-0.2, -0.15) is 10.2 Å². The van der Waals surface area contributed by atoms with Gasteiger partial charge in [0.1, 0.15) is 34.1 Å². The molecule has 0 aliphatic heterocycles. The van der Waals surface area contributed by atoms with E-state index in [4.69, 9.17) is 25.1 Å². The Kier molecular flexibility index (Phi) is 14.7. The minimum atomic E-state index is -1.02. The van der Waals surface area contributed by atoms with Gasteiger partial charge in [-0.05, 0) is 69.0 Å². The third-order valence-electron chi connectivity index (χ3n) is 8.12. The number of anilines is 1. The second kappa shape index (κ2) is 19.4. The van der Waals surface area contributed by atoms with E-state index in [1.165, 1.54) is 4.68 Å². The number of carbonyl (C=O) groups is 4. The van der Waals surface area contributed by atoms with E-state index in [0.29, 0.717) is 52.6 Å². The number of nitrogens with one attached hydrogen (secondary N) is 2. The van der Waals surface area contributed by atoms with Crippen molar-refractivity contribution in [2.45, 2.75) is 78.7 Å². The number of rotatable bonds is 16. The summed E-state index contributed by atoms with van der Waals surface area (Å²) in [6.07, 6.45) is 3.65. The van der Waals surface area contributed by atoms with Crippen LogP contribution in [0, 0.1) is 0 Å². The first kappa shape index (κ1) is 43.2. The number of hydrogen-bond donors (Lipinski definition) is 4. The first-order valence-corrected chi connectivity index (χ1v) is 18.4. The summed E-state index contributed by atoms with van der Waals surface area (Å²) in [5, 5.41) is 20.1. The molecule has 0 saturated heterocycles. The molecule has 0 spiro atoms.